The molecule has 2 atom stereocenters. The number of unbranched alkanes of at least 4 members (excludes halogenated alkanes) is 15. The summed E-state index contributed by atoms with van der Waals surface area (Å²) >= 11 is 0. The zero-order valence-corrected chi connectivity index (χ0v) is 30.7. The molecule has 280 valence electrons. The first-order valence-corrected chi connectivity index (χ1v) is 19.1. The summed E-state index contributed by atoms with van der Waals surface area (Å²) in [4.78, 5) is 47.1. The standard InChI is InChI=1S/C40H68N2O7/c1-3-5-7-9-10-11-12-13-14-15-16-17-18-19-24-28-32-39(46)49-35(29-25-21-8-6-4-2)30-26-22-20-23-27-31-37(44)41-33-38(45)42-36(34-43)40(47)48/h6,8,14-15,25-26,29-30,35-36,43H,3-5,7,9-13,16-24,27-28,31-34H2,1-2H3,(H,41,44)(H,42,45)(H,47,48)/b8-6-,15-14-,29-25-,30-26-. The number of carboxylic acids is 1. The molecule has 0 heterocycles. The van der Waals surface area contributed by atoms with Gasteiger partial charge in [0.25, 0.3) is 0 Å². The van der Waals surface area contributed by atoms with Gasteiger partial charge in [0.2, 0.25) is 11.8 Å². The number of amides is 2. The lowest BCUT2D eigenvalue weighted by atomic mass is 10.1. The van der Waals surface area contributed by atoms with Crippen molar-refractivity contribution in [1.82, 2.24) is 10.6 Å². The molecule has 4 N–H and O–H groups in total. The molecule has 0 spiro atoms. The summed E-state index contributed by atoms with van der Waals surface area (Å²) in [5.41, 5.74) is 0. The maximum atomic E-state index is 12.6. The fourth-order valence-electron chi connectivity index (χ4n) is 5.08. The van der Waals surface area contributed by atoms with E-state index in [1.165, 1.54) is 64.2 Å². The van der Waals surface area contributed by atoms with Gasteiger partial charge in [-0.3, -0.25) is 14.4 Å². The van der Waals surface area contributed by atoms with Crippen LogP contribution in [-0.2, 0) is 23.9 Å². The summed E-state index contributed by atoms with van der Waals surface area (Å²) in [6.45, 7) is 3.28. The smallest absolute Gasteiger partial charge is 0.328 e. The van der Waals surface area contributed by atoms with E-state index in [0.717, 1.165) is 57.8 Å². The monoisotopic (exact) mass is 689 g/mol. The second-order valence-corrected chi connectivity index (χ2v) is 12.6. The number of carbonyl (C=O) groups is 4. The van der Waals surface area contributed by atoms with Crippen LogP contribution in [0.25, 0.3) is 0 Å². The van der Waals surface area contributed by atoms with Crippen LogP contribution in [0.15, 0.2) is 48.6 Å². The van der Waals surface area contributed by atoms with Gasteiger partial charge in [0, 0.05) is 12.8 Å². The van der Waals surface area contributed by atoms with Crippen LogP contribution < -0.4 is 10.6 Å². The Morgan fingerprint density at radius 1 is 0.633 bits per heavy atom. The molecule has 0 rings (SSSR count). The van der Waals surface area contributed by atoms with Gasteiger partial charge >= 0.3 is 11.9 Å². The number of rotatable bonds is 33. The molecule has 0 fully saturated rings. The molecule has 2 amide bonds. The van der Waals surface area contributed by atoms with Gasteiger partial charge in [-0.1, -0.05) is 115 Å². The zero-order valence-electron chi connectivity index (χ0n) is 30.7. The summed E-state index contributed by atoms with van der Waals surface area (Å²) < 4.78 is 5.75. The molecule has 0 aliphatic rings. The van der Waals surface area contributed by atoms with Crippen molar-refractivity contribution in [2.24, 2.45) is 0 Å². The molecule has 0 aromatic carbocycles. The van der Waals surface area contributed by atoms with E-state index >= 15 is 0 Å². The highest BCUT2D eigenvalue weighted by Gasteiger charge is 2.18. The molecule has 0 aliphatic heterocycles. The van der Waals surface area contributed by atoms with E-state index in [9.17, 15) is 19.2 Å². The van der Waals surface area contributed by atoms with Crippen LogP contribution in [0.1, 0.15) is 155 Å². The van der Waals surface area contributed by atoms with Gasteiger partial charge in [-0.15, -0.1) is 0 Å². The lowest BCUT2D eigenvalue weighted by Crippen LogP contribution is -2.47. The Labute approximate surface area is 297 Å². The third-order valence-corrected chi connectivity index (χ3v) is 8.02. The molecule has 0 aromatic rings. The maximum absolute atomic E-state index is 12.6. The summed E-state index contributed by atoms with van der Waals surface area (Å²) in [6.07, 6.45) is 39.2. The van der Waals surface area contributed by atoms with Crippen LogP contribution in [0.5, 0.6) is 0 Å². The van der Waals surface area contributed by atoms with Crippen molar-refractivity contribution in [3.05, 3.63) is 48.6 Å². The third kappa shape index (κ3) is 31.8. The first-order valence-electron chi connectivity index (χ1n) is 19.1. The Balaban J connectivity index is 4.20. The summed E-state index contributed by atoms with van der Waals surface area (Å²) in [6, 6.07) is -1.39. The Bertz CT molecular complexity index is 974. The van der Waals surface area contributed by atoms with Gasteiger partial charge in [0.1, 0.15) is 12.1 Å². The normalized spacial score (nSPS) is 13.0. The first kappa shape index (κ1) is 45.8. The molecule has 0 aliphatic carbocycles. The average molecular weight is 689 g/mol. The highest BCUT2D eigenvalue weighted by atomic mass is 16.5. The van der Waals surface area contributed by atoms with Crippen molar-refractivity contribution < 1.29 is 34.1 Å². The van der Waals surface area contributed by atoms with Crippen molar-refractivity contribution in [2.75, 3.05) is 13.2 Å². The molecule has 0 aromatic heterocycles. The molecule has 9 nitrogen and oxygen atoms in total. The van der Waals surface area contributed by atoms with Crippen LogP contribution in [0.3, 0.4) is 0 Å². The SMILES string of the molecule is CC/C=C\C/C=C\C(/C=C\CCCCCC(=O)NCC(=O)NC(CO)C(=O)O)OC(=O)CCCCCCC/C=C\CCCCCCCCC. The van der Waals surface area contributed by atoms with Gasteiger partial charge in [-0.25, -0.2) is 4.79 Å². The Morgan fingerprint density at radius 3 is 1.80 bits per heavy atom. The van der Waals surface area contributed by atoms with Gasteiger partial charge in [0.15, 0.2) is 0 Å². The fraction of sp³-hybridized carbons (Fsp3) is 0.700. The predicted molar refractivity (Wildman–Crippen MR) is 199 cm³/mol. The van der Waals surface area contributed by atoms with Crippen molar-refractivity contribution in [3.63, 3.8) is 0 Å². The van der Waals surface area contributed by atoms with E-state index in [1.807, 2.05) is 24.3 Å². The van der Waals surface area contributed by atoms with E-state index in [1.54, 1.807) is 0 Å². The molecular weight excluding hydrogens is 620 g/mol. The molecule has 0 saturated carbocycles. The number of aliphatic hydroxyl groups is 1. The van der Waals surface area contributed by atoms with Crippen molar-refractivity contribution in [1.29, 1.82) is 0 Å². The maximum Gasteiger partial charge on any atom is 0.328 e. The van der Waals surface area contributed by atoms with E-state index in [4.69, 9.17) is 14.9 Å². The van der Waals surface area contributed by atoms with Crippen LogP contribution in [0.2, 0.25) is 0 Å². The number of esters is 1. The number of ether oxygens (including phenoxy) is 1. The molecule has 49 heavy (non-hydrogen) atoms. The van der Waals surface area contributed by atoms with Gasteiger partial charge in [0.05, 0.1) is 13.2 Å². The number of hydrogen-bond donors (Lipinski definition) is 4. The quantitative estimate of drug-likeness (QED) is 0.0308. The highest BCUT2D eigenvalue weighted by Crippen LogP contribution is 2.12. The molecular formula is C40H68N2O7. The number of allylic oxidation sites excluding steroid dienone is 6. The number of nitrogens with one attached hydrogen (secondary N) is 2. The largest absolute Gasteiger partial charge is 0.480 e. The predicted octanol–water partition coefficient (Wildman–Crippen LogP) is 8.42. The lowest BCUT2D eigenvalue weighted by Gasteiger charge is -2.12. The second kappa shape index (κ2) is 34.7. The Kier molecular flexibility index (Phi) is 32.4. The molecule has 0 saturated heterocycles. The third-order valence-electron chi connectivity index (χ3n) is 8.02. The number of aliphatic hydroxyl groups excluding tert-OH is 1. The number of carboxylic acid groups (broad SMARTS) is 1. The second-order valence-electron chi connectivity index (χ2n) is 12.6. The van der Waals surface area contributed by atoms with E-state index in [2.05, 4.69) is 48.8 Å². The Hall–Kier alpha value is -3.20. The minimum atomic E-state index is -1.39. The fourth-order valence-corrected chi connectivity index (χ4v) is 5.08. The molecule has 0 radical (unpaired) electrons. The highest BCUT2D eigenvalue weighted by molar-refractivity contribution is 5.87. The topological polar surface area (TPSA) is 142 Å². The van der Waals surface area contributed by atoms with Crippen molar-refractivity contribution in [2.45, 2.75) is 167 Å². The number of carbonyl (C=O) groups excluding carboxylic acids is 3. The number of aliphatic carboxylic acids is 1. The van der Waals surface area contributed by atoms with Crippen LogP contribution in [-0.4, -0.2) is 59.3 Å². The van der Waals surface area contributed by atoms with Gasteiger partial charge in [-0.2, -0.15) is 0 Å². The summed E-state index contributed by atoms with van der Waals surface area (Å²) in [7, 11) is 0. The van der Waals surface area contributed by atoms with Crippen molar-refractivity contribution >= 4 is 23.8 Å². The summed E-state index contributed by atoms with van der Waals surface area (Å²) in [5.74, 6) is -2.48. The minimum Gasteiger partial charge on any atom is -0.480 e. The zero-order chi connectivity index (χ0) is 36.2. The van der Waals surface area contributed by atoms with Gasteiger partial charge in [-0.05, 0) is 76.4 Å². The van der Waals surface area contributed by atoms with Crippen LogP contribution in [0.4, 0.5) is 0 Å². The van der Waals surface area contributed by atoms with Crippen molar-refractivity contribution in [3.8, 4) is 0 Å². The average Bonchev–Trinajstić information content (AvgIpc) is 3.08. The number of hydrogen-bond acceptors (Lipinski definition) is 6. The molecule has 2 unspecified atom stereocenters. The lowest BCUT2D eigenvalue weighted by molar-refractivity contribution is -0.145. The van der Waals surface area contributed by atoms with Crippen LogP contribution >= 0.6 is 0 Å². The Morgan fingerprint density at radius 2 is 1.18 bits per heavy atom. The van der Waals surface area contributed by atoms with E-state index in [0.29, 0.717) is 12.8 Å². The van der Waals surface area contributed by atoms with E-state index in [-0.39, 0.29) is 24.8 Å². The summed E-state index contributed by atoms with van der Waals surface area (Å²) in [5, 5.41) is 22.4. The minimum absolute atomic E-state index is 0.175. The van der Waals surface area contributed by atoms with E-state index < -0.39 is 30.6 Å². The van der Waals surface area contributed by atoms with Gasteiger partial charge < -0.3 is 25.6 Å². The first-order chi connectivity index (χ1) is 23.8. The van der Waals surface area contributed by atoms with Crippen LogP contribution in [0, 0.1) is 0 Å². The molecule has 0 bridgehead atoms. The molecule has 9 heteroatoms.